The number of anilines is 1. The quantitative estimate of drug-likeness (QED) is 0.170. The number of rotatable bonds is 9. The summed E-state index contributed by atoms with van der Waals surface area (Å²) < 4.78 is 51.2. The number of amidine groups is 1. The van der Waals surface area contributed by atoms with E-state index in [4.69, 9.17) is 5.26 Å². The number of piperidine rings is 1. The number of unbranched alkanes of at least 4 members (excludes halogenated alkanes) is 1. The highest BCUT2D eigenvalue weighted by molar-refractivity contribution is 6.00. The Labute approximate surface area is 263 Å². The molecule has 8 nitrogen and oxygen atoms in total. The van der Waals surface area contributed by atoms with Gasteiger partial charge >= 0.3 is 6.18 Å². The average molecular weight is 630 g/mol. The van der Waals surface area contributed by atoms with Crippen molar-refractivity contribution in [1.82, 2.24) is 10.2 Å². The number of amides is 1. The molecule has 0 saturated carbocycles. The van der Waals surface area contributed by atoms with E-state index in [0.29, 0.717) is 48.6 Å². The van der Waals surface area contributed by atoms with Crippen LogP contribution in [-0.4, -0.2) is 61.3 Å². The predicted molar refractivity (Wildman–Crippen MR) is 173 cm³/mol. The number of halogens is 4. The second kappa shape index (κ2) is 18.5. The van der Waals surface area contributed by atoms with Crippen molar-refractivity contribution < 1.29 is 22.4 Å². The van der Waals surface area contributed by atoms with Crippen LogP contribution in [0.15, 0.2) is 63.5 Å². The standard InChI is InChI=1S/C25H26F3N7O.C8H17F/c1-17(31-16-32-22-5-3-4-20(14-22)25(26,27)28)33-24(30-2)34-21-10-12-35(13-11-21)23(36)19-8-6-18(15-29)7-9-19;1-4-5-6-8(9)7(2)3/h3-9,14,21,32H,2,10-13,16H2,1H3,(H,31,33,34);7-8H,4-6H2,1-3H3. The smallest absolute Gasteiger partial charge is 0.366 e. The number of carbonyl (C=O) groups is 1. The van der Waals surface area contributed by atoms with E-state index in [1.165, 1.54) is 12.1 Å². The highest BCUT2D eigenvalue weighted by Gasteiger charge is 2.30. The van der Waals surface area contributed by atoms with Gasteiger partial charge in [-0.15, -0.1) is 0 Å². The van der Waals surface area contributed by atoms with Gasteiger partial charge in [-0.2, -0.15) is 18.4 Å². The molecule has 1 atom stereocenters. The summed E-state index contributed by atoms with van der Waals surface area (Å²) >= 11 is 0. The topological polar surface area (TPSA) is 105 Å². The van der Waals surface area contributed by atoms with Crippen LogP contribution in [-0.2, 0) is 6.18 Å². The lowest BCUT2D eigenvalue weighted by Gasteiger charge is -2.30. The molecule has 0 spiro atoms. The molecule has 1 heterocycles. The van der Waals surface area contributed by atoms with E-state index < -0.39 is 17.9 Å². The highest BCUT2D eigenvalue weighted by atomic mass is 19.4. The van der Waals surface area contributed by atoms with Crippen LogP contribution < -0.4 is 10.6 Å². The summed E-state index contributed by atoms with van der Waals surface area (Å²) in [6, 6.07) is 13.4. The number of nitriles is 1. The second-order valence-electron chi connectivity index (χ2n) is 11.0. The van der Waals surface area contributed by atoms with Gasteiger partial charge in [0.05, 0.1) is 23.2 Å². The van der Waals surface area contributed by atoms with Gasteiger partial charge in [0, 0.05) is 24.3 Å². The minimum absolute atomic E-state index is 0.0560. The first-order valence-electron chi connectivity index (χ1n) is 15.0. The summed E-state index contributed by atoms with van der Waals surface area (Å²) in [5.74, 6) is 0.871. The van der Waals surface area contributed by atoms with Gasteiger partial charge in [0.25, 0.3) is 5.91 Å². The molecule has 0 bridgehead atoms. The van der Waals surface area contributed by atoms with E-state index in [2.05, 4.69) is 39.3 Å². The van der Waals surface area contributed by atoms with Crippen molar-refractivity contribution >= 4 is 30.1 Å². The zero-order valence-electron chi connectivity index (χ0n) is 26.4. The fourth-order valence-electron chi connectivity index (χ4n) is 4.34. The van der Waals surface area contributed by atoms with Crippen LogP contribution in [0.1, 0.15) is 81.3 Å². The minimum Gasteiger partial charge on any atom is -0.366 e. The number of likely N-dealkylation sites (tertiary alicyclic amines) is 1. The SMILES string of the molecule is C=NC(=NC1CCN(C(=O)c2ccc(C#N)cc2)CC1)N/C(C)=N\CNc1cccc(C(F)(F)F)c1.CCCCC(F)C(C)C. The number of aliphatic imine (C=N–C) groups is 3. The molecule has 0 radical (unpaired) electrons. The fraction of sp³-hybridized carbons (Fsp3) is 0.485. The number of benzene rings is 2. The minimum atomic E-state index is -4.41. The van der Waals surface area contributed by atoms with Crippen LogP contribution in [0.4, 0.5) is 23.2 Å². The molecular formula is C33H43F4N7O. The molecular weight excluding hydrogens is 586 g/mol. The van der Waals surface area contributed by atoms with Gasteiger partial charge in [0.2, 0.25) is 5.96 Å². The lowest BCUT2D eigenvalue weighted by Crippen LogP contribution is -2.40. The normalized spacial score (nSPS) is 15.1. The van der Waals surface area contributed by atoms with Crippen LogP contribution in [0, 0.1) is 17.2 Å². The predicted octanol–water partition coefficient (Wildman–Crippen LogP) is 7.49. The highest BCUT2D eigenvalue weighted by Crippen LogP contribution is 2.30. The number of nitrogens with zero attached hydrogens (tertiary/aromatic N) is 5. The Morgan fingerprint density at radius 1 is 1.16 bits per heavy atom. The van der Waals surface area contributed by atoms with Gasteiger partial charge in [0.15, 0.2) is 0 Å². The third-order valence-electron chi connectivity index (χ3n) is 7.11. The lowest BCUT2D eigenvalue weighted by atomic mass is 10.0. The molecule has 2 aromatic carbocycles. The number of hydrogen-bond donors (Lipinski definition) is 2. The van der Waals surface area contributed by atoms with Crippen molar-refractivity contribution in [1.29, 1.82) is 5.26 Å². The first-order valence-corrected chi connectivity index (χ1v) is 15.0. The summed E-state index contributed by atoms with van der Waals surface area (Å²) in [5, 5.41) is 14.7. The molecule has 1 unspecified atom stereocenters. The van der Waals surface area contributed by atoms with Gasteiger partial charge in [-0.1, -0.05) is 39.7 Å². The van der Waals surface area contributed by atoms with Crippen LogP contribution >= 0.6 is 0 Å². The summed E-state index contributed by atoms with van der Waals surface area (Å²) in [6.45, 7) is 12.3. The molecule has 0 aliphatic carbocycles. The molecule has 2 N–H and O–H groups in total. The zero-order chi connectivity index (χ0) is 33.4. The Morgan fingerprint density at radius 2 is 1.82 bits per heavy atom. The van der Waals surface area contributed by atoms with E-state index in [1.54, 1.807) is 36.1 Å². The van der Waals surface area contributed by atoms with E-state index in [1.807, 2.05) is 19.9 Å². The van der Waals surface area contributed by atoms with Crippen LogP contribution in [0.3, 0.4) is 0 Å². The molecule has 12 heteroatoms. The molecule has 0 aromatic heterocycles. The molecule has 1 aliphatic rings. The summed E-state index contributed by atoms with van der Waals surface area (Å²) in [6.07, 6.45) is -0.816. The van der Waals surface area contributed by atoms with Crippen molar-refractivity contribution in [2.45, 2.75) is 78.2 Å². The largest absolute Gasteiger partial charge is 0.416 e. The van der Waals surface area contributed by atoms with Gasteiger partial charge in [-0.05, 0) is 81.3 Å². The number of nitrogens with one attached hydrogen (secondary N) is 2. The molecule has 1 saturated heterocycles. The zero-order valence-corrected chi connectivity index (χ0v) is 26.4. The summed E-state index contributed by atoms with van der Waals surface area (Å²) in [7, 11) is 0. The Bertz CT molecular complexity index is 1330. The molecule has 244 valence electrons. The molecule has 1 aliphatic heterocycles. The molecule has 3 rings (SSSR count). The Morgan fingerprint density at radius 3 is 2.38 bits per heavy atom. The number of alkyl halides is 4. The fourth-order valence-corrected chi connectivity index (χ4v) is 4.34. The van der Waals surface area contributed by atoms with Crippen molar-refractivity contribution in [2.24, 2.45) is 20.9 Å². The third kappa shape index (κ3) is 13.1. The van der Waals surface area contributed by atoms with Crippen LogP contribution in [0.5, 0.6) is 0 Å². The summed E-state index contributed by atoms with van der Waals surface area (Å²) in [4.78, 5) is 27.2. The van der Waals surface area contributed by atoms with Crippen molar-refractivity contribution in [3.05, 3.63) is 65.2 Å². The molecule has 1 fully saturated rings. The van der Waals surface area contributed by atoms with Gasteiger partial charge < -0.3 is 15.5 Å². The van der Waals surface area contributed by atoms with E-state index >= 15 is 0 Å². The van der Waals surface area contributed by atoms with Gasteiger partial charge in [-0.3, -0.25) is 9.79 Å². The third-order valence-corrected chi connectivity index (χ3v) is 7.11. The molecule has 2 aromatic rings. The monoisotopic (exact) mass is 629 g/mol. The van der Waals surface area contributed by atoms with Crippen molar-refractivity contribution in [3.63, 3.8) is 0 Å². The maximum Gasteiger partial charge on any atom is 0.416 e. The van der Waals surface area contributed by atoms with E-state index in [0.717, 1.165) is 31.4 Å². The lowest BCUT2D eigenvalue weighted by molar-refractivity contribution is -0.137. The maximum atomic E-state index is 12.8. The van der Waals surface area contributed by atoms with Crippen molar-refractivity contribution in [3.8, 4) is 6.07 Å². The van der Waals surface area contributed by atoms with Crippen molar-refractivity contribution in [2.75, 3.05) is 25.1 Å². The van der Waals surface area contributed by atoms with E-state index in [-0.39, 0.29) is 30.5 Å². The first-order chi connectivity index (χ1) is 21.4. The van der Waals surface area contributed by atoms with Crippen LogP contribution in [0.25, 0.3) is 0 Å². The number of carbonyl (C=O) groups excluding carboxylic acids is 1. The Kier molecular flexibility index (Phi) is 15.2. The van der Waals surface area contributed by atoms with Crippen LogP contribution in [0.2, 0.25) is 0 Å². The Balaban J connectivity index is 0.000000681. The first kappa shape index (κ1) is 36.9. The number of guanidine groups is 1. The molecule has 1 amide bonds. The number of hydrogen-bond acceptors (Lipinski definition) is 5. The van der Waals surface area contributed by atoms with Gasteiger partial charge in [-0.25, -0.2) is 14.4 Å². The average Bonchev–Trinajstić information content (AvgIpc) is 3.03. The van der Waals surface area contributed by atoms with E-state index in [9.17, 15) is 22.4 Å². The Hall–Kier alpha value is -4.27. The summed E-state index contributed by atoms with van der Waals surface area (Å²) in [5.41, 5.74) is 0.610. The second-order valence-corrected chi connectivity index (χ2v) is 11.0. The molecule has 45 heavy (non-hydrogen) atoms. The maximum absolute atomic E-state index is 12.8. The van der Waals surface area contributed by atoms with Gasteiger partial charge in [0.1, 0.15) is 18.7 Å².